The Balaban J connectivity index is 1.74. The molecule has 1 N–H and O–H groups in total. The third-order valence-corrected chi connectivity index (χ3v) is 3.77. The van der Waals surface area contributed by atoms with E-state index in [2.05, 4.69) is 12.2 Å². The van der Waals surface area contributed by atoms with Crippen molar-refractivity contribution in [2.75, 3.05) is 19.7 Å². The quantitative estimate of drug-likeness (QED) is 0.756. The monoisotopic (exact) mass is 226 g/mol. The third-order valence-electron chi connectivity index (χ3n) is 3.77. The summed E-state index contributed by atoms with van der Waals surface area (Å²) in [6, 6.07) is 1.07. The van der Waals surface area contributed by atoms with E-state index in [9.17, 15) is 4.79 Å². The van der Waals surface area contributed by atoms with Crippen LogP contribution in [0.25, 0.3) is 0 Å². The number of amides is 1. The number of nitrogens with zero attached hydrogens (tertiary/aromatic N) is 1. The van der Waals surface area contributed by atoms with Gasteiger partial charge in [-0.25, -0.2) is 0 Å². The molecule has 4 heteroatoms. The Hall–Kier alpha value is -0.610. The molecular weight excluding hydrogens is 204 g/mol. The van der Waals surface area contributed by atoms with Crippen LogP contribution < -0.4 is 5.32 Å². The molecule has 0 aromatic heterocycles. The largest absolute Gasteiger partial charge is 0.377 e. The number of nitrogens with one attached hydrogen (secondary N) is 1. The molecule has 0 spiro atoms. The Morgan fingerprint density at radius 3 is 2.50 bits per heavy atom. The summed E-state index contributed by atoms with van der Waals surface area (Å²) in [7, 11) is 0. The highest BCUT2D eigenvalue weighted by Gasteiger charge is 2.28. The maximum absolute atomic E-state index is 11.2. The Labute approximate surface area is 97.3 Å². The van der Waals surface area contributed by atoms with Crippen molar-refractivity contribution < 1.29 is 9.53 Å². The minimum absolute atomic E-state index is 0.205. The van der Waals surface area contributed by atoms with Crippen LogP contribution in [-0.2, 0) is 9.53 Å². The lowest BCUT2D eigenvalue weighted by Gasteiger charge is -2.33. The van der Waals surface area contributed by atoms with Crippen LogP contribution in [0.1, 0.15) is 33.1 Å². The van der Waals surface area contributed by atoms with Crippen molar-refractivity contribution in [1.82, 2.24) is 10.2 Å². The van der Waals surface area contributed by atoms with Crippen molar-refractivity contribution in [3.05, 3.63) is 0 Å². The predicted octanol–water partition coefficient (Wildman–Crippen LogP) is 0.764. The third kappa shape index (κ3) is 2.74. The van der Waals surface area contributed by atoms with Gasteiger partial charge in [-0.15, -0.1) is 0 Å². The summed E-state index contributed by atoms with van der Waals surface area (Å²) >= 11 is 0. The number of piperidine rings is 1. The average Bonchev–Trinajstić information content (AvgIpc) is 2.65. The summed E-state index contributed by atoms with van der Waals surface area (Å²) in [6.45, 7) is 6.46. The Bertz CT molecular complexity index is 249. The first kappa shape index (κ1) is 11.9. The van der Waals surface area contributed by atoms with Crippen LogP contribution in [0, 0.1) is 0 Å². The number of likely N-dealkylation sites (tertiary alicyclic amines) is 1. The molecule has 92 valence electrons. The Morgan fingerprint density at radius 2 is 2.00 bits per heavy atom. The summed E-state index contributed by atoms with van der Waals surface area (Å²) in [5.41, 5.74) is 0. The van der Waals surface area contributed by atoms with Gasteiger partial charge in [0, 0.05) is 38.7 Å². The summed E-state index contributed by atoms with van der Waals surface area (Å²) in [4.78, 5) is 13.1. The lowest BCUT2D eigenvalue weighted by atomic mass is 10.0. The van der Waals surface area contributed by atoms with Crippen molar-refractivity contribution in [2.24, 2.45) is 0 Å². The number of hydrogen-bond acceptors (Lipinski definition) is 3. The fourth-order valence-electron chi connectivity index (χ4n) is 2.61. The van der Waals surface area contributed by atoms with Crippen molar-refractivity contribution in [3.63, 3.8) is 0 Å². The summed E-state index contributed by atoms with van der Waals surface area (Å²) in [6.07, 6.45) is 3.60. The molecule has 0 saturated carbocycles. The highest BCUT2D eigenvalue weighted by molar-refractivity contribution is 5.73. The van der Waals surface area contributed by atoms with Gasteiger partial charge in [0.1, 0.15) is 0 Å². The fraction of sp³-hybridized carbons (Fsp3) is 0.917. The van der Waals surface area contributed by atoms with E-state index in [1.807, 2.05) is 4.90 Å². The van der Waals surface area contributed by atoms with Gasteiger partial charge in [-0.2, -0.15) is 0 Å². The van der Waals surface area contributed by atoms with Gasteiger partial charge in [0.15, 0.2) is 0 Å². The van der Waals surface area contributed by atoms with E-state index in [0.717, 1.165) is 39.0 Å². The van der Waals surface area contributed by atoms with Gasteiger partial charge in [-0.05, 0) is 26.2 Å². The van der Waals surface area contributed by atoms with Gasteiger partial charge in [0.2, 0.25) is 5.91 Å². The number of carbonyl (C=O) groups is 1. The van der Waals surface area contributed by atoms with Crippen LogP contribution >= 0.6 is 0 Å². The molecule has 2 heterocycles. The standard InChI is InChI=1S/C12H22N2O2/c1-9-12(5-8-16-9)13-11-3-6-14(7-4-11)10(2)15/h9,11-13H,3-8H2,1-2H3. The van der Waals surface area contributed by atoms with E-state index < -0.39 is 0 Å². The summed E-state index contributed by atoms with van der Waals surface area (Å²) in [5, 5.41) is 3.66. The predicted molar refractivity (Wildman–Crippen MR) is 62.2 cm³/mol. The van der Waals surface area contributed by atoms with E-state index in [4.69, 9.17) is 4.74 Å². The zero-order chi connectivity index (χ0) is 11.5. The Kier molecular flexibility index (Phi) is 3.82. The molecule has 2 fully saturated rings. The van der Waals surface area contributed by atoms with Gasteiger partial charge in [0.05, 0.1) is 6.10 Å². The van der Waals surface area contributed by atoms with E-state index in [0.29, 0.717) is 18.2 Å². The second-order valence-corrected chi connectivity index (χ2v) is 4.92. The molecule has 0 aromatic rings. The molecule has 0 aromatic carbocycles. The number of ether oxygens (including phenoxy) is 1. The molecule has 2 aliphatic rings. The number of rotatable bonds is 2. The summed E-state index contributed by atoms with van der Waals surface area (Å²) in [5.74, 6) is 0.205. The highest BCUT2D eigenvalue weighted by atomic mass is 16.5. The van der Waals surface area contributed by atoms with E-state index in [1.54, 1.807) is 6.92 Å². The lowest BCUT2D eigenvalue weighted by molar-refractivity contribution is -0.129. The zero-order valence-electron chi connectivity index (χ0n) is 10.2. The van der Waals surface area contributed by atoms with Gasteiger partial charge in [-0.3, -0.25) is 4.79 Å². The SMILES string of the molecule is CC(=O)N1CCC(NC2CCOC2C)CC1. The molecule has 2 unspecified atom stereocenters. The average molecular weight is 226 g/mol. The van der Waals surface area contributed by atoms with Gasteiger partial charge in [-0.1, -0.05) is 0 Å². The topological polar surface area (TPSA) is 41.6 Å². The first-order valence-electron chi connectivity index (χ1n) is 6.30. The van der Waals surface area contributed by atoms with E-state index in [1.165, 1.54) is 0 Å². The molecule has 4 nitrogen and oxygen atoms in total. The smallest absolute Gasteiger partial charge is 0.219 e. The van der Waals surface area contributed by atoms with Crippen LogP contribution in [0.5, 0.6) is 0 Å². The molecule has 0 radical (unpaired) electrons. The van der Waals surface area contributed by atoms with Crippen LogP contribution in [0.15, 0.2) is 0 Å². The molecule has 2 atom stereocenters. The van der Waals surface area contributed by atoms with Crippen molar-refractivity contribution in [3.8, 4) is 0 Å². The molecule has 0 bridgehead atoms. The maximum atomic E-state index is 11.2. The maximum Gasteiger partial charge on any atom is 0.219 e. The normalized spacial score (nSPS) is 32.0. The fourth-order valence-corrected chi connectivity index (χ4v) is 2.61. The second-order valence-electron chi connectivity index (χ2n) is 4.92. The Morgan fingerprint density at radius 1 is 1.31 bits per heavy atom. The first-order chi connectivity index (χ1) is 7.66. The minimum atomic E-state index is 0.205. The lowest BCUT2D eigenvalue weighted by Crippen LogP contribution is -2.48. The second kappa shape index (κ2) is 5.15. The van der Waals surface area contributed by atoms with Gasteiger partial charge >= 0.3 is 0 Å². The first-order valence-corrected chi connectivity index (χ1v) is 6.30. The van der Waals surface area contributed by atoms with Crippen LogP contribution in [0.3, 0.4) is 0 Å². The van der Waals surface area contributed by atoms with Gasteiger partial charge in [0.25, 0.3) is 0 Å². The number of hydrogen-bond donors (Lipinski definition) is 1. The molecule has 1 amide bonds. The molecule has 0 aliphatic carbocycles. The van der Waals surface area contributed by atoms with Crippen LogP contribution in [0.2, 0.25) is 0 Å². The van der Waals surface area contributed by atoms with E-state index in [-0.39, 0.29) is 5.91 Å². The van der Waals surface area contributed by atoms with Crippen LogP contribution in [-0.4, -0.2) is 48.7 Å². The van der Waals surface area contributed by atoms with E-state index >= 15 is 0 Å². The summed E-state index contributed by atoms with van der Waals surface area (Å²) < 4.78 is 5.54. The zero-order valence-corrected chi connectivity index (χ0v) is 10.2. The minimum Gasteiger partial charge on any atom is -0.377 e. The molecular formula is C12H22N2O2. The van der Waals surface area contributed by atoms with Crippen LogP contribution in [0.4, 0.5) is 0 Å². The highest BCUT2D eigenvalue weighted by Crippen LogP contribution is 2.17. The van der Waals surface area contributed by atoms with Crippen molar-refractivity contribution in [1.29, 1.82) is 0 Å². The van der Waals surface area contributed by atoms with Crippen molar-refractivity contribution in [2.45, 2.75) is 51.3 Å². The number of carbonyl (C=O) groups excluding carboxylic acids is 1. The molecule has 2 aliphatic heterocycles. The van der Waals surface area contributed by atoms with Crippen molar-refractivity contribution >= 4 is 5.91 Å². The molecule has 16 heavy (non-hydrogen) atoms. The molecule has 2 saturated heterocycles. The van der Waals surface area contributed by atoms with Gasteiger partial charge < -0.3 is 15.0 Å². The molecule has 2 rings (SSSR count).